The van der Waals surface area contributed by atoms with Crippen molar-refractivity contribution < 1.29 is 4.39 Å². The lowest BCUT2D eigenvalue weighted by Crippen LogP contribution is -2.13. The zero-order valence-electron chi connectivity index (χ0n) is 8.92. The second-order valence-electron chi connectivity index (χ2n) is 3.29. The third kappa shape index (κ3) is 2.59. The van der Waals surface area contributed by atoms with Crippen LogP contribution in [0.25, 0.3) is 0 Å². The largest absolute Gasteiger partial charge is 0.349 e. The van der Waals surface area contributed by atoms with Crippen molar-refractivity contribution in [3.63, 3.8) is 0 Å². The van der Waals surface area contributed by atoms with Gasteiger partial charge in [0.25, 0.3) is 0 Å². The van der Waals surface area contributed by atoms with Gasteiger partial charge in [0.05, 0.1) is 0 Å². The van der Waals surface area contributed by atoms with Crippen LogP contribution < -0.4 is 4.90 Å². The number of allylic oxidation sites excluding steroid dienone is 2. The van der Waals surface area contributed by atoms with E-state index in [0.717, 1.165) is 12.1 Å². The predicted molar refractivity (Wildman–Crippen MR) is 58.9 cm³/mol. The standard InChI is InChI=1S/C12H16FN/c1-4-5-10(2)14(3)12-8-6-11(13)7-9-12/h5-9H,4H2,1-3H3/b10-5+. The lowest BCUT2D eigenvalue weighted by molar-refractivity contribution is 0.628. The fourth-order valence-electron chi connectivity index (χ4n) is 1.30. The highest BCUT2D eigenvalue weighted by molar-refractivity contribution is 5.50. The topological polar surface area (TPSA) is 3.24 Å². The molecule has 0 radical (unpaired) electrons. The molecule has 0 unspecified atom stereocenters. The molecule has 0 saturated carbocycles. The summed E-state index contributed by atoms with van der Waals surface area (Å²) in [6.45, 7) is 4.15. The summed E-state index contributed by atoms with van der Waals surface area (Å²) in [6.07, 6.45) is 3.15. The molecule has 1 aromatic rings. The Morgan fingerprint density at radius 3 is 2.43 bits per heavy atom. The van der Waals surface area contributed by atoms with Crippen LogP contribution in [0.2, 0.25) is 0 Å². The molecular weight excluding hydrogens is 177 g/mol. The normalized spacial score (nSPS) is 11.6. The van der Waals surface area contributed by atoms with E-state index in [0.29, 0.717) is 0 Å². The van der Waals surface area contributed by atoms with E-state index < -0.39 is 0 Å². The predicted octanol–water partition coefficient (Wildman–Crippen LogP) is 3.58. The maximum Gasteiger partial charge on any atom is 0.123 e. The monoisotopic (exact) mass is 193 g/mol. The summed E-state index contributed by atoms with van der Waals surface area (Å²) < 4.78 is 12.7. The zero-order valence-corrected chi connectivity index (χ0v) is 8.92. The van der Waals surface area contributed by atoms with Gasteiger partial charge in [-0.15, -0.1) is 0 Å². The van der Waals surface area contributed by atoms with Crippen LogP contribution in [0.3, 0.4) is 0 Å². The molecule has 1 aromatic carbocycles. The minimum absolute atomic E-state index is 0.195. The number of benzene rings is 1. The summed E-state index contributed by atoms with van der Waals surface area (Å²) >= 11 is 0. The average molecular weight is 193 g/mol. The number of hydrogen-bond donors (Lipinski definition) is 0. The number of rotatable bonds is 3. The summed E-state index contributed by atoms with van der Waals surface area (Å²) in [4.78, 5) is 2.04. The lowest BCUT2D eigenvalue weighted by Gasteiger charge is -2.19. The molecule has 14 heavy (non-hydrogen) atoms. The number of hydrogen-bond acceptors (Lipinski definition) is 1. The van der Waals surface area contributed by atoms with Gasteiger partial charge in [-0.2, -0.15) is 0 Å². The fourth-order valence-corrected chi connectivity index (χ4v) is 1.30. The Kier molecular flexibility index (Phi) is 3.69. The Labute approximate surface area is 84.9 Å². The van der Waals surface area contributed by atoms with Crippen molar-refractivity contribution in [2.24, 2.45) is 0 Å². The van der Waals surface area contributed by atoms with Crippen molar-refractivity contribution in [1.29, 1.82) is 0 Å². The molecule has 0 amide bonds. The number of halogens is 1. The van der Waals surface area contributed by atoms with Crippen LogP contribution in [0.4, 0.5) is 10.1 Å². The van der Waals surface area contributed by atoms with Crippen LogP contribution in [-0.2, 0) is 0 Å². The molecule has 0 aliphatic heterocycles. The molecule has 0 N–H and O–H groups in total. The molecule has 1 nitrogen and oxygen atoms in total. The van der Waals surface area contributed by atoms with Crippen molar-refractivity contribution in [1.82, 2.24) is 0 Å². The van der Waals surface area contributed by atoms with Gasteiger partial charge in [-0.3, -0.25) is 0 Å². The molecule has 1 rings (SSSR count). The first-order valence-corrected chi connectivity index (χ1v) is 4.81. The highest BCUT2D eigenvalue weighted by atomic mass is 19.1. The fraction of sp³-hybridized carbons (Fsp3) is 0.333. The van der Waals surface area contributed by atoms with E-state index in [-0.39, 0.29) is 5.82 Å². The lowest BCUT2D eigenvalue weighted by atomic mass is 10.2. The number of nitrogens with zero attached hydrogens (tertiary/aromatic N) is 1. The van der Waals surface area contributed by atoms with Gasteiger partial charge >= 0.3 is 0 Å². The molecular formula is C12H16FN. The first-order chi connectivity index (χ1) is 6.65. The van der Waals surface area contributed by atoms with Crippen LogP contribution in [0, 0.1) is 5.82 Å². The van der Waals surface area contributed by atoms with Crippen molar-refractivity contribution in [3.05, 3.63) is 41.9 Å². The van der Waals surface area contributed by atoms with Gasteiger partial charge in [-0.25, -0.2) is 4.39 Å². The van der Waals surface area contributed by atoms with Crippen molar-refractivity contribution in [2.75, 3.05) is 11.9 Å². The first-order valence-electron chi connectivity index (χ1n) is 4.81. The van der Waals surface area contributed by atoms with E-state index in [2.05, 4.69) is 13.0 Å². The summed E-state index contributed by atoms with van der Waals surface area (Å²) in [6, 6.07) is 6.51. The second kappa shape index (κ2) is 4.80. The first kappa shape index (κ1) is 10.8. The maximum atomic E-state index is 12.7. The van der Waals surface area contributed by atoms with Gasteiger partial charge in [-0.1, -0.05) is 13.0 Å². The highest BCUT2D eigenvalue weighted by Crippen LogP contribution is 2.17. The van der Waals surface area contributed by atoms with Gasteiger partial charge < -0.3 is 4.90 Å². The summed E-state index contributed by atoms with van der Waals surface area (Å²) in [5.41, 5.74) is 2.19. The minimum Gasteiger partial charge on any atom is -0.349 e. The zero-order chi connectivity index (χ0) is 10.6. The molecule has 0 aliphatic rings. The van der Waals surface area contributed by atoms with E-state index in [1.807, 2.05) is 18.9 Å². The average Bonchev–Trinajstić information content (AvgIpc) is 2.18. The third-order valence-electron chi connectivity index (χ3n) is 2.24. The van der Waals surface area contributed by atoms with E-state index in [9.17, 15) is 4.39 Å². The van der Waals surface area contributed by atoms with E-state index in [1.165, 1.54) is 17.8 Å². The summed E-state index contributed by atoms with van der Waals surface area (Å²) in [5, 5.41) is 0. The molecule has 0 aromatic heterocycles. The molecule has 0 aliphatic carbocycles. The van der Waals surface area contributed by atoms with Gasteiger partial charge in [-0.05, 0) is 37.6 Å². The molecule has 0 heterocycles. The van der Waals surface area contributed by atoms with Crippen molar-refractivity contribution in [3.8, 4) is 0 Å². The maximum absolute atomic E-state index is 12.7. The summed E-state index contributed by atoms with van der Waals surface area (Å²) in [5.74, 6) is -0.195. The van der Waals surface area contributed by atoms with Crippen LogP contribution in [0.15, 0.2) is 36.0 Å². The smallest absolute Gasteiger partial charge is 0.123 e. The molecule has 0 saturated heterocycles. The van der Waals surface area contributed by atoms with E-state index in [1.54, 1.807) is 12.1 Å². The minimum atomic E-state index is -0.195. The van der Waals surface area contributed by atoms with Crippen molar-refractivity contribution >= 4 is 5.69 Å². The Morgan fingerprint density at radius 1 is 1.36 bits per heavy atom. The summed E-state index contributed by atoms with van der Waals surface area (Å²) in [7, 11) is 1.98. The van der Waals surface area contributed by atoms with E-state index in [4.69, 9.17) is 0 Å². The van der Waals surface area contributed by atoms with Gasteiger partial charge in [0.1, 0.15) is 5.82 Å². The molecule has 0 fully saturated rings. The van der Waals surface area contributed by atoms with Crippen LogP contribution in [0.1, 0.15) is 20.3 Å². The Hall–Kier alpha value is -1.31. The Bertz CT molecular complexity index is 314. The van der Waals surface area contributed by atoms with Gasteiger partial charge in [0, 0.05) is 18.4 Å². The van der Waals surface area contributed by atoms with Crippen LogP contribution in [0.5, 0.6) is 0 Å². The van der Waals surface area contributed by atoms with E-state index >= 15 is 0 Å². The van der Waals surface area contributed by atoms with Crippen LogP contribution in [-0.4, -0.2) is 7.05 Å². The molecule has 2 heteroatoms. The quantitative estimate of drug-likeness (QED) is 0.709. The van der Waals surface area contributed by atoms with Gasteiger partial charge in [0.2, 0.25) is 0 Å². The van der Waals surface area contributed by atoms with Crippen molar-refractivity contribution in [2.45, 2.75) is 20.3 Å². The Morgan fingerprint density at radius 2 is 1.93 bits per heavy atom. The highest BCUT2D eigenvalue weighted by Gasteiger charge is 2.01. The molecule has 0 spiro atoms. The third-order valence-corrected chi connectivity index (χ3v) is 2.24. The SMILES string of the molecule is CC/C=C(\C)N(C)c1ccc(F)cc1. The second-order valence-corrected chi connectivity index (χ2v) is 3.29. The molecule has 76 valence electrons. The van der Waals surface area contributed by atoms with Gasteiger partial charge in [0.15, 0.2) is 0 Å². The Balaban J connectivity index is 2.84. The van der Waals surface area contributed by atoms with Crippen LogP contribution >= 0.6 is 0 Å². The molecule has 0 atom stereocenters. The number of anilines is 1. The molecule has 0 bridgehead atoms.